The van der Waals surface area contributed by atoms with Crippen molar-refractivity contribution in [2.75, 3.05) is 19.7 Å². The van der Waals surface area contributed by atoms with Crippen molar-refractivity contribution in [1.29, 1.82) is 0 Å². The SMILES string of the molecule is CCCN1CC2(CC3c4ccccc4C2c2ccccc23)[C@]2(CO2)C1=O. The normalized spacial score (nSPS) is 35.9. The smallest absolute Gasteiger partial charge is 0.257 e. The number of amides is 1. The van der Waals surface area contributed by atoms with Crippen LogP contribution in [0.2, 0.25) is 0 Å². The van der Waals surface area contributed by atoms with Crippen LogP contribution in [0.25, 0.3) is 0 Å². The summed E-state index contributed by atoms with van der Waals surface area (Å²) in [5, 5.41) is 0. The van der Waals surface area contributed by atoms with E-state index >= 15 is 0 Å². The largest absolute Gasteiger partial charge is 0.358 e. The topological polar surface area (TPSA) is 32.8 Å². The van der Waals surface area contributed by atoms with Crippen molar-refractivity contribution in [3.63, 3.8) is 0 Å². The highest BCUT2D eigenvalue weighted by atomic mass is 16.6. The van der Waals surface area contributed by atoms with Gasteiger partial charge in [0.2, 0.25) is 0 Å². The Labute approximate surface area is 154 Å². The van der Waals surface area contributed by atoms with Gasteiger partial charge in [-0.1, -0.05) is 55.5 Å². The van der Waals surface area contributed by atoms with Gasteiger partial charge in [-0.3, -0.25) is 4.79 Å². The first-order valence-electron chi connectivity index (χ1n) is 9.83. The second-order valence-corrected chi connectivity index (χ2v) is 8.45. The molecule has 3 nitrogen and oxygen atoms in total. The van der Waals surface area contributed by atoms with Gasteiger partial charge in [0.1, 0.15) is 0 Å². The fraction of sp³-hybridized carbons (Fsp3) is 0.435. The van der Waals surface area contributed by atoms with E-state index in [1.165, 1.54) is 22.3 Å². The third-order valence-corrected chi connectivity index (χ3v) is 7.32. The molecular formula is C23H23NO2. The molecule has 2 heterocycles. The van der Waals surface area contributed by atoms with Gasteiger partial charge >= 0.3 is 0 Å². The van der Waals surface area contributed by atoms with Crippen molar-refractivity contribution in [2.24, 2.45) is 5.41 Å². The van der Waals surface area contributed by atoms with Crippen molar-refractivity contribution in [1.82, 2.24) is 4.90 Å². The molecule has 2 spiro atoms. The summed E-state index contributed by atoms with van der Waals surface area (Å²) in [7, 11) is 0. The van der Waals surface area contributed by atoms with Crippen LogP contribution in [0.5, 0.6) is 0 Å². The van der Waals surface area contributed by atoms with Crippen LogP contribution in [0.3, 0.4) is 0 Å². The zero-order chi connectivity index (χ0) is 17.5. The summed E-state index contributed by atoms with van der Waals surface area (Å²) in [5.41, 5.74) is 5.06. The average Bonchev–Trinajstić information content (AvgIpc) is 3.46. The number of hydrogen-bond acceptors (Lipinski definition) is 2. The lowest BCUT2D eigenvalue weighted by Gasteiger charge is -2.52. The molecule has 7 rings (SSSR count). The molecule has 26 heavy (non-hydrogen) atoms. The number of carbonyl (C=O) groups excluding carboxylic acids is 1. The Hall–Kier alpha value is -2.13. The van der Waals surface area contributed by atoms with E-state index in [9.17, 15) is 4.79 Å². The molecule has 2 bridgehead atoms. The Kier molecular flexibility index (Phi) is 2.75. The molecule has 132 valence electrons. The summed E-state index contributed by atoms with van der Waals surface area (Å²) in [4.78, 5) is 15.3. The average molecular weight is 345 g/mol. The van der Waals surface area contributed by atoms with E-state index in [0.29, 0.717) is 12.5 Å². The van der Waals surface area contributed by atoms with Crippen LogP contribution in [0.4, 0.5) is 0 Å². The highest BCUT2D eigenvalue weighted by Gasteiger charge is 2.77. The maximum Gasteiger partial charge on any atom is 0.257 e. The molecule has 2 saturated heterocycles. The molecule has 5 aliphatic rings. The van der Waals surface area contributed by atoms with Gasteiger partial charge in [0.25, 0.3) is 5.91 Å². The molecule has 0 aromatic heterocycles. The van der Waals surface area contributed by atoms with Crippen LogP contribution in [-0.2, 0) is 9.53 Å². The van der Waals surface area contributed by atoms with Gasteiger partial charge in [-0.2, -0.15) is 0 Å². The molecule has 3 heteroatoms. The molecule has 2 aliphatic heterocycles. The molecule has 3 aliphatic carbocycles. The van der Waals surface area contributed by atoms with Crippen molar-refractivity contribution in [3.05, 3.63) is 70.8 Å². The molecule has 0 radical (unpaired) electrons. The number of ether oxygens (including phenoxy) is 1. The predicted molar refractivity (Wildman–Crippen MR) is 99.2 cm³/mol. The van der Waals surface area contributed by atoms with Crippen LogP contribution in [0.15, 0.2) is 48.5 Å². The highest BCUT2D eigenvalue weighted by molar-refractivity contribution is 5.92. The van der Waals surface area contributed by atoms with Gasteiger partial charge in [-0.05, 0) is 35.1 Å². The molecule has 1 unspecified atom stereocenters. The number of benzene rings is 2. The van der Waals surface area contributed by atoms with Gasteiger partial charge in [0.05, 0.1) is 6.61 Å². The third kappa shape index (κ3) is 1.53. The number of nitrogens with zero attached hydrogens (tertiary/aromatic N) is 1. The fourth-order valence-electron chi connectivity index (χ4n) is 6.31. The van der Waals surface area contributed by atoms with Crippen molar-refractivity contribution in [3.8, 4) is 0 Å². The summed E-state index contributed by atoms with van der Waals surface area (Å²) >= 11 is 0. The van der Waals surface area contributed by atoms with Crippen LogP contribution in [0.1, 0.15) is 53.9 Å². The quantitative estimate of drug-likeness (QED) is 0.778. The zero-order valence-electron chi connectivity index (χ0n) is 15.1. The molecule has 2 atom stereocenters. The van der Waals surface area contributed by atoms with E-state index in [-0.39, 0.29) is 17.2 Å². The Bertz CT molecular complexity index is 884. The Morgan fingerprint density at radius 3 is 2.15 bits per heavy atom. The molecule has 2 aromatic rings. The van der Waals surface area contributed by atoms with Gasteiger partial charge in [-0.25, -0.2) is 0 Å². The minimum absolute atomic E-state index is 0.118. The van der Waals surface area contributed by atoms with Gasteiger partial charge < -0.3 is 9.64 Å². The second kappa shape index (κ2) is 4.77. The van der Waals surface area contributed by atoms with E-state index in [2.05, 4.69) is 60.4 Å². The number of epoxide rings is 1. The van der Waals surface area contributed by atoms with Crippen LogP contribution >= 0.6 is 0 Å². The van der Waals surface area contributed by atoms with Crippen LogP contribution in [-0.4, -0.2) is 36.1 Å². The van der Waals surface area contributed by atoms with Crippen LogP contribution in [0, 0.1) is 5.41 Å². The lowest BCUT2D eigenvalue weighted by Crippen LogP contribution is -2.51. The minimum atomic E-state index is -0.577. The molecule has 1 amide bonds. The van der Waals surface area contributed by atoms with Gasteiger partial charge in [0, 0.05) is 30.3 Å². The first-order valence-corrected chi connectivity index (χ1v) is 9.83. The number of likely N-dealkylation sites (tertiary alicyclic amines) is 1. The number of carbonyl (C=O) groups is 1. The lowest BCUT2D eigenvalue weighted by atomic mass is 9.49. The maximum atomic E-state index is 13.3. The first-order chi connectivity index (χ1) is 12.7. The monoisotopic (exact) mass is 345 g/mol. The summed E-state index contributed by atoms with van der Waals surface area (Å²) in [6, 6.07) is 17.8. The van der Waals surface area contributed by atoms with E-state index in [0.717, 1.165) is 25.9 Å². The third-order valence-electron chi connectivity index (χ3n) is 7.32. The van der Waals surface area contributed by atoms with Crippen LogP contribution < -0.4 is 0 Å². The highest BCUT2D eigenvalue weighted by Crippen LogP contribution is 2.70. The zero-order valence-corrected chi connectivity index (χ0v) is 15.1. The van der Waals surface area contributed by atoms with E-state index in [1.807, 2.05) is 0 Å². The summed E-state index contributed by atoms with van der Waals surface area (Å²) in [6.07, 6.45) is 2.02. The van der Waals surface area contributed by atoms with Crippen molar-refractivity contribution >= 4 is 5.91 Å². The van der Waals surface area contributed by atoms with E-state index in [4.69, 9.17) is 4.74 Å². The molecule has 0 N–H and O–H groups in total. The fourth-order valence-corrected chi connectivity index (χ4v) is 6.31. The standard InChI is InChI=1S/C23H23NO2/c1-2-11-24-13-22(23(14-26-23)21(24)25)12-19-15-7-3-5-9-17(15)20(22)18-10-6-4-8-16(18)19/h3-10,19-20H,2,11-14H2,1H3/t19?,20?,22?,23-/m0/s1. The summed E-state index contributed by atoms with van der Waals surface area (Å²) < 4.78 is 6.03. The van der Waals surface area contributed by atoms with Gasteiger partial charge in [-0.15, -0.1) is 0 Å². The molecule has 2 aromatic carbocycles. The van der Waals surface area contributed by atoms with Crippen molar-refractivity contribution in [2.45, 2.75) is 37.2 Å². The van der Waals surface area contributed by atoms with E-state index < -0.39 is 5.60 Å². The summed E-state index contributed by atoms with van der Waals surface area (Å²) in [6.45, 7) is 4.42. The molecular weight excluding hydrogens is 322 g/mol. The number of hydrogen-bond donors (Lipinski definition) is 0. The van der Waals surface area contributed by atoms with Crippen molar-refractivity contribution < 1.29 is 9.53 Å². The summed E-state index contributed by atoms with van der Waals surface area (Å²) in [5.74, 6) is 0.873. The molecule has 0 saturated carbocycles. The first kappa shape index (κ1) is 15.0. The Balaban J connectivity index is 1.60. The Morgan fingerprint density at radius 1 is 1.04 bits per heavy atom. The minimum Gasteiger partial charge on any atom is -0.358 e. The maximum absolute atomic E-state index is 13.3. The van der Waals surface area contributed by atoms with Gasteiger partial charge in [0.15, 0.2) is 5.60 Å². The van der Waals surface area contributed by atoms with E-state index in [1.54, 1.807) is 0 Å². The lowest BCUT2D eigenvalue weighted by molar-refractivity contribution is -0.133. The molecule has 2 fully saturated rings. The number of rotatable bonds is 2. The second-order valence-electron chi connectivity index (χ2n) is 8.45. The predicted octanol–water partition coefficient (Wildman–Crippen LogP) is 3.68. The Morgan fingerprint density at radius 2 is 1.62 bits per heavy atom.